The van der Waals surface area contributed by atoms with E-state index in [9.17, 15) is 9.90 Å². The molecule has 3 N–H and O–H groups in total. The van der Waals surface area contributed by atoms with Gasteiger partial charge in [-0.3, -0.25) is 10.1 Å². The van der Waals surface area contributed by atoms with Crippen molar-refractivity contribution in [1.82, 2.24) is 10.3 Å². The van der Waals surface area contributed by atoms with Gasteiger partial charge in [0, 0.05) is 11.3 Å². The van der Waals surface area contributed by atoms with Gasteiger partial charge in [-0.15, -0.1) is 0 Å². The number of aromatic nitrogens is 1. The van der Waals surface area contributed by atoms with Gasteiger partial charge in [0.15, 0.2) is 10.7 Å². The first kappa shape index (κ1) is 21.5. The van der Waals surface area contributed by atoms with Crippen LogP contribution in [0.4, 0.5) is 5.69 Å². The number of phenols is 1. The Morgan fingerprint density at radius 2 is 1.66 bits per heavy atom. The number of fused-ring (bicyclic) bond motifs is 1. The molecule has 32 heavy (non-hydrogen) atoms. The number of phenolic OH excluding ortho intramolecular Hbond substituents is 1. The first-order valence-corrected chi connectivity index (χ1v) is 10.5. The zero-order valence-electron chi connectivity index (χ0n) is 18.2. The van der Waals surface area contributed by atoms with E-state index in [1.807, 2.05) is 45.9 Å². The van der Waals surface area contributed by atoms with Crippen molar-refractivity contribution < 1.29 is 14.3 Å². The number of hydrogen-bond acceptors (Lipinski definition) is 5. The summed E-state index contributed by atoms with van der Waals surface area (Å²) >= 11 is 5.31. The Balaban J connectivity index is 1.56. The third kappa shape index (κ3) is 4.48. The molecule has 6 nitrogen and oxygen atoms in total. The number of anilines is 1. The van der Waals surface area contributed by atoms with Crippen LogP contribution in [0.2, 0.25) is 0 Å². The molecule has 1 amide bonds. The highest BCUT2D eigenvalue weighted by atomic mass is 32.1. The van der Waals surface area contributed by atoms with Gasteiger partial charge in [-0.25, -0.2) is 4.98 Å². The van der Waals surface area contributed by atoms with E-state index in [1.54, 1.807) is 24.3 Å². The van der Waals surface area contributed by atoms with Crippen molar-refractivity contribution in [2.75, 3.05) is 5.32 Å². The molecule has 0 fully saturated rings. The van der Waals surface area contributed by atoms with Crippen LogP contribution in [0.1, 0.15) is 32.6 Å². The van der Waals surface area contributed by atoms with Gasteiger partial charge in [-0.1, -0.05) is 23.3 Å². The monoisotopic (exact) mass is 445 g/mol. The fourth-order valence-electron chi connectivity index (χ4n) is 3.72. The SMILES string of the molecule is Cc1cc(C)cc(C(=O)NC(=S)Nc2ccc(O)c(-c3nc4cc(C)cc(C)c4o3)c2)c1. The van der Waals surface area contributed by atoms with Crippen molar-refractivity contribution in [3.05, 3.63) is 76.3 Å². The lowest BCUT2D eigenvalue weighted by molar-refractivity contribution is 0.0977. The van der Waals surface area contributed by atoms with Gasteiger partial charge < -0.3 is 14.8 Å². The summed E-state index contributed by atoms with van der Waals surface area (Å²) in [4.78, 5) is 17.1. The number of nitrogens with one attached hydrogen (secondary N) is 2. The number of carbonyl (C=O) groups excluding carboxylic acids is 1. The van der Waals surface area contributed by atoms with Crippen molar-refractivity contribution in [2.45, 2.75) is 27.7 Å². The summed E-state index contributed by atoms with van der Waals surface area (Å²) in [6.07, 6.45) is 0. The molecular weight excluding hydrogens is 422 g/mol. The summed E-state index contributed by atoms with van der Waals surface area (Å²) in [5.41, 5.74) is 7.01. The Morgan fingerprint density at radius 1 is 0.969 bits per heavy atom. The lowest BCUT2D eigenvalue weighted by atomic mass is 10.1. The van der Waals surface area contributed by atoms with E-state index in [-0.39, 0.29) is 16.8 Å². The summed E-state index contributed by atoms with van der Waals surface area (Å²) in [5.74, 6) is 0.0415. The number of rotatable bonds is 3. The van der Waals surface area contributed by atoms with Crippen molar-refractivity contribution >= 4 is 40.0 Å². The number of thiocarbonyl (C=S) groups is 1. The van der Waals surface area contributed by atoms with Crippen molar-refractivity contribution in [3.63, 3.8) is 0 Å². The number of aryl methyl sites for hydroxylation is 4. The summed E-state index contributed by atoms with van der Waals surface area (Å²) in [6.45, 7) is 7.83. The molecule has 1 heterocycles. The number of oxazole rings is 1. The van der Waals surface area contributed by atoms with Crippen LogP contribution in [0, 0.1) is 27.7 Å². The van der Waals surface area contributed by atoms with Gasteiger partial charge in [0.1, 0.15) is 11.3 Å². The minimum Gasteiger partial charge on any atom is -0.507 e. The summed E-state index contributed by atoms with van der Waals surface area (Å²) in [5, 5.41) is 16.2. The fraction of sp³-hybridized carbons (Fsp3) is 0.160. The molecule has 0 saturated carbocycles. The van der Waals surface area contributed by atoms with E-state index in [1.165, 1.54) is 6.07 Å². The lowest BCUT2D eigenvalue weighted by Gasteiger charge is -2.11. The van der Waals surface area contributed by atoms with Crippen LogP contribution in [-0.4, -0.2) is 21.1 Å². The number of hydrogen-bond donors (Lipinski definition) is 3. The maximum atomic E-state index is 12.5. The third-order valence-electron chi connectivity index (χ3n) is 5.02. The van der Waals surface area contributed by atoms with Crippen LogP contribution in [-0.2, 0) is 0 Å². The van der Waals surface area contributed by atoms with Crippen molar-refractivity contribution in [1.29, 1.82) is 0 Å². The Labute approximate surface area is 191 Å². The Morgan fingerprint density at radius 3 is 2.38 bits per heavy atom. The van der Waals surface area contributed by atoms with E-state index in [0.29, 0.717) is 28.3 Å². The maximum Gasteiger partial charge on any atom is 0.257 e. The highest BCUT2D eigenvalue weighted by Gasteiger charge is 2.16. The zero-order valence-corrected chi connectivity index (χ0v) is 19.1. The van der Waals surface area contributed by atoms with Crippen LogP contribution in [0.15, 0.2) is 52.9 Å². The topological polar surface area (TPSA) is 87.4 Å². The molecule has 4 rings (SSSR count). The van der Waals surface area contributed by atoms with E-state index in [0.717, 1.165) is 27.8 Å². The van der Waals surface area contributed by atoms with Gasteiger partial charge in [0.25, 0.3) is 5.91 Å². The number of benzene rings is 3. The van der Waals surface area contributed by atoms with E-state index < -0.39 is 0 Å². The quantitative estimate of drug-likeness (QED) is 0.283. The molecule has 0 aliphatic heterocycles. The summed E-state index contributed by atoms with van der Waals surface area (Å²) < 4.78 is 5.92. The van der Waals surface area contributed by atoms with Gasteiger partial charge in [-0.05, 0) is 87.4 Å². The largest absolute Gasteiger partial charge is 0.507 e. The second-order valence-corrected chi connectivity index (χ2v) is 8.37. The molecule has 0 atom stereocenters. The molecule has 7 heteroatoms. The van der Waals surface area contributed by atoms with Crippen LogP contribution >= 0.6 is 12.2 Å². The summed E-state index contributed by atoms with van der Waals surface area (Å²) in [7, 11) is 0. The molecule has 162 valence electrons. The van der Waals surface area contributed by atoms with Gasteiger partial charge in [-0.2, -0.15) is 0 Å². The molecule has 4 aromatic rings. The van der Waals surface area contributed by atoms with E-state index in [2.05, 4.69) is 15.6 Å². The molecule has 0 saturated heterocycles. The maximum absolute atomic E-state index is 12.5. The van der Waals surface area contributed by atoms with Crippen LogP contribution in [0.25, 0.3) is 22.6 Å². The fourth-order valence-corrected chi connectivity index (χ4v) is 3.93. The Hall–Kier alpha value is -3.71. The average molecular weight is 446 g/mol. The minimum atomic E-state index is -0.293. The molecule has 0 spiro atoms. The zero-order chi connectivity index (χ0) is 23.0. The summed E-state index contributed by atoms with van der Waals surface area (Å²) in [6, 6.07) is 14.4. The normalized spacial score (nSPS) is 10.9. The third-order valence-corrected chi connectivity index (χ3v) is 5.22. The molecule has 0 bridgehead atoms. The van der Waals surface area contributed by atoms with Crippen molar-refractivity contribution in [3.8, 4) is 17.2 Å². The molecule has 0 aliphatic rings. The van der Waals surface area contributed by atoms with Gasteiger partial charge in [0.05, 0.1) is 5.56 Å². The molecule has 0 aliphatic carbocycles. The second kappa shape index (κ2) is 8.43. The predicted octanol–water partition coefficient (Wildman–Crippen LogP) is 5.56. The smallest absolute Gasteiger partial charge is 0.257 e. The van der Waals surface area contributed by atoms with Gasteiger partial charge >= 0.3 is 0 Å². The molecule has 0 unspecified atom stereocenters. The average Bonchev–Trinajstić information content (AvgIpc) is 3.12. The number of amides is 1. The highest BCUT2D eigenvalue weighted by Crippen LogP contribution is 2.34. The minimum absolute atomic E-state index is 0.0293. The van der Waals surface area contributed by atoms with Crippen LogP contribution < -0.4 is 10.6 Å². The van der Waals surface area contributed by atoms with Crippen molar-refractivity contribution in [2.24, 2.45) is 0 Å². The molecular formula is C25H23N3O3S. The Kier molecular flexibility index (Phi) is 5.67. The standard InChI is InChI=1S/C25H23N3O3S/c1-13-7-14(2)10-17(9-13)23(30)28-25(32)26-18-5-6-21(29)19(12-18)24-27-20-11-15(3)8-16(4)22(20)31-24/h5-12,29H,1-4H3,(H2,26,28,30,32). The lowest BCUT2D eigenvalue weighted by Crippen LogP contribution is -2.34. The van der Waals surface area contributed by atoms with Crippen LogP contribution in [0.3, 0.4) is 0 Å². The highest BCUT2D eigenvalue weighted by molar-refractivity contribution is 7.80. The van der Waals surface area contributed by atoms with E-state index in [4.69, 9.17) is 16.6 Å². The predicted molar refractivity (Wildman–Crippen MR) is 130 cm³/mol. The first-order chi connectivity index (χ1) is 15.2. The number of nitrogens with zero attached hydrogens (tertiary/aromatic N) is 1. The molecule has 1 aromatic heterocycles. The number of carbonyl (C=O) groups is 1. The molecule has 3 aromatic carbocycles. The number of aromatic hydroxyl groups is 1. The van der Waals surface area contributed by atoms with Gasteiger partial charge in [0.2, 0.25) is 5.89 Å². The van der Waals surface area contributed by atoms with E-state index >= 15 is 0 Å². The Bertz CT molecular complexity index is 1350. The molecule has 0 radical (unpaired) electrons. The first-order valence-electron chi connectivity index (χ1n) is 10.1. The second-order valence-electron chi connectivity index (χ2n) is 7.97. The van der Waals surface area contributed by atoms with Crippen LogP contribution in [0.5, 0.6) is 5.75 Å².